The average molecular weight is 339 g/mol. The Balaban J connectivity index is 1.91. The van der Waals surface area contributed by atoms with Crippen LogP contribution >= 0.6 is 12.2 Å². The van der Waals surface area contributed by atoms with Crippen molar-refractivity contribution < 1.29 is 4.39 Å². The van der Waals surface area contributed by atoms with E-state index in [9.17, 15) is 4.39 Å². The van der Waals surface area contributed by atoms with Gasteiger partial charge in [-0.2, -0.15) is 5.10 Å². The lowest BCUT2D eigenvalue weighted by molar-refractivity contribution is 0.365. The third kappa shape index (κ3) is 3.51. The molecule has 0 radical (unpaired) electrons. The predicted molar refractivity (Wildman–Crippen MR) is 99.4 cm³/mol. The zero-order valence-corrected chi connectivity index (χ0v) is 14.0. The highest BCUT2D eigenvalue weighted by atomic mass is 32.1. The maximum absolute atomic E-state index is 13.2. The van der Waals surface area contributed by atoms with E-state index in [-0.39, 0.29) is 11.9 Å². The van der Waals surface area contributed by atoms with Crippen LogP contribution in [0.3, 0.4) is 0 Å². The summed E-state index contributed by atoms with van der Waals surface area (Å²) in [6, 6.07) is 16.5. The molecule has 1 aliphatic rings. The quantitative estimate of drug-likeness (QED) is 0.673. The number of nitrogens with zero attached hydrogens (tertiary/aromatic N) is 2. The Morgan fingerprint density at radius 2 is 1.96 bits per heavy atom. The van der Waals surface area contributed by atoms with Crippen molar-refractivity contribution in [3.63, 3.8) is 0 Å². The van der Waals surface area contributed by atoms with Crippen LogP contribution in [0.2, 0.25) is 0 Å². The van der Waals surface area contributed by atoms with Crippen molar-refractivity contribution in [2.75, 3.05) is 6.54 Å². The van der Waals surface area contributed by atoms with E-state index in [0.717, 1.165) is 16.8 Å². The SMILES string of the molecule is C=CCNC(=S)N1N=C(c2ccccc2)CC1c1ccc(F)cc1. The number of hydrazone groups is 1. The smallest absolute Gasteiger partial charge is 0.190 e. The summed E-state index contributed by atoms with van der Waals surface area (Å²) in [6.45, 7) is 4.26. The fourth-order valence-corrected chi connectivity index (χ4v) is 2.94. The lowest BCUT2D eigenvalue weighted by Gasteiger charge is -2.24. The van der Waals surface area contributed by atoms with E-state index in [1.54, 1.807) is 23.2 Å². The Kier molecular flexibility index (Phi) is 5.01. The highest BCUT2D eigenvalue weighted by Crippen LogP contribution is 2.32. The minimum atomic E-state index is -0.250. The second-order valence-corrected chi connectivity index (χ2v) is 5.89. The molecule has 0 bridgehead atoms. The fourth-order valence-electron chi connectivity index (χ4n) is 2.69. The summed E-state index contributed by atoms with van der Waals surface area (Å²) >= 11 is 5.47. The van der Waals surface area contributed by atoms with Crippen molar-refractivity contribution in [2.24, 2.45) is 5.10 Å². The van der Waals surface area contributed by atoms with E-state index in [1.807, 2.05) is 30.3 Å². The van der Waals surface area contributed by atoms with Gasteiger partial charge in [-0.15, -0.1) is 6.58 Å². The van der Waals surface area contributed by atoms with Gasteiger partial charge in [0.2, 0.25) is 0 Å². The van der Waals surface area contributed by atoms with Gasteiger partial charge in [0.25, 0.3) is 0 Å². The molecule has 3 rings (SSSR count). The summed E-state index contributed by atoms with van der Waals surface area (Å²) in [5.74, 6) is -0.250. The van der Waals surface area contributed by atoms with Crippen molar-refractivity contribution in [1.29, 1.82) is 0 Å². The molecule has 24 heavy (non-hydrogen) atoms. The topological polar surface area (TPSA) is 27.6 Å². The Labute approximate surface area is 146 Å². The Bertz CT molecular complexity index is 756. The van der Waals surface area contributed by atoms with E-state index in [2.05, 4.69) is 11.9 Å². The zero-order chi connectivity index (χ0) is 16.9. The monoisotopic (exact) mass is 339 g/mol. The van der Waals surface area contributed by atoms with Gasteiger partial charge in [0.05, 0.1) is 11.8 Å². The van der Waals surface area contributed by atoms with Crippen LogP contribution in [0.25, 0.3) is 0 Å². The molecule has 0 amide bonds. The molecule has 0 spiro atoms. The van der Waals surface area contributed by atoms with Gasteiger partial charge in [-0.25, -0.2) is 9.40 Å². The van der Waals surface area contributed by atoms with Gasteiger partial charge in [0.15, 0.2) is 5.11 Å². The molecule has 1 atom stereocenters. The molecular weight excluding hydrogens is 321 g/mol. The number of hydrogen-bond acceptors (Lipinski definition) is 2. The Morgan fingerprint density at radius 3 is 2.62 bits per heavy atom. The van der Waals surface area contributed by atoms with Gasteiger partial charge in [-0.3, -0.25) is 0 Å². The first kappa shape index (κ1) is 16.3. The van der Waals surface area contributed by atoms with Crippen molar-refractivity contribution in [2.45, 2.75) is 12.5 Å². The van der Waals surface area contributed by atoms with Gasteiger partial charge in [0.1, 0.15) is 5.82 Å². The number of benzene rings is 2. The van der Waals surface area contributed by atoms with Crippen LogP contribution in [-0.4, -0.2) is 22.4 Å². The molecule has 5 heteroatoms. The number of thiocarbonyl (C=S) groups is 1. The fraction of sp³-hybridized carbons (Fsp3) is 0.158. The maximum atomic E-state index is 13.2. The Hall–Kier alpha value is -2.53. The molecule has 0 saturated heterocycles. The van der Waals surface area contributed by atoms with Gasteiger partial charge in [-0.1, -0.05) is 48.5 Å². The van der Waals surface area contributed by atoms with Crippen LogP contribution in [0.1, 0.15) is 23.6 Å². The standard InChI is InChI=1S/C19H18FN3S/c1-2-12-21-19(24)23-18(15-8-10-16(20)11-9-15)13-17(22-23)14-6-4-3-5-7-14/h2-11,18H,1,12-13H2,(H,21,24). The average Bonchev–Trinajstić information content (AvgIpc) is 3.06. The first-order valence-corrected chi connectivity index (χ1v) is 8.16. The Morgan fingerprint density at radius 1 is 1.25 bits per heavy atom. The molecule has 1 heterocycles. The van der Waals surface area contributed by atoms with Crippen LogP contribution < -0.4 is 5.32 Å². The number of nitrogens with one attached hydrogen (secondary N) is 1. The van der Waals surface area contributed by atoms with Crippen molar-refractivity contribution in [3.8, 4) is 0 Å². The highest BCUT2D eigenvalue weighted by Gasteiger charge is 2.31. The molecule has 0 saturated carbocycles. The molecule has 122 valence electrons. The summed E-state index contributed by atoms with van der Waals surface area (Å²) in [4.78, 5) is 0. The lowest BCUT2D eigenvalue weighted by Crippen LogP contribution is -2.36. The summed E-state index contributed by atoms with van der Waals surface area (Å²) in [6.07, 6.45) is 2.46. The maximum Gasteiger partial charge on any atom is 0.190 e. The molecule has 0 fully saturated rings. The molecule has 1 unspecified atom stereocenters. The van der Waals surface area contributed by atoms with E-state index in [0.29, 0.717) is 18.1 Å². The van der Waals surface area contributed by atoms with Crippen LogP contribution in [0, 0.1) is 5.82 Å². The van der Waals surface area contributed by atoms with Crippen molar-refractivity contribution >= 4 is 23.0 Å². The molecule has 0 aliphatic carbocycles. The molecular formula is C19H18FN3S. The second kappa shape index (κ2) is 7.36. The van der Waals surface area contributed by atoms with Crippen LogP contribution in [0.5, 0.6) is 0 Å². The normalized spacial score (nSPS) is 16.6. The van der Waals surface area contributed by atoms with Crippen LogP contribution in [-0.2, 0) is 0 Å². The number of rotatable bonds is 4. The van der Waals surface area contributed by atoms with Crippen LogP contribution in [0.4, 0.5) is 4.39 Å². The molecule has 2 aromatic rings. The van der Waals surface area contributed by atoms with Crippen LogP contribution in [0.15, 0.2) is 72.4 Å². The summed E-state index contributed by atoms with van der Waals surface area (Å²) in [5.41, 5.74) is 3.01. The van der Waals surface area contributed by atoms with Crippen molar-refractivity contribution in [1.82, 2.24) is 10.3 Å². The van der Waals surface area contributed by atoms with E-state index in [1.165, 1.54) is 12.1 Å². The highest BCUT2D eigenvalue weighted by molar-refractivity contribution is 7.80. The summed E-state index contributed by atoms with van der Waals surface area (Å²) in [5, 5.41) is 10.2. The predicted octanol–water partition coefficient (Wildman–Crippen LogP) is 4.04. The first-order chi connectivity index (χ1) is 11.7. The van der Waals surface area contributed by atoms with Gasteiger partial charge in [-0.05, 0) is 35.5 Å². The summed E-state index contributed by atoms with van der Waals surface area (Å²) in [7, 11) is 0. The van der Waals surface area contributed by atoms with Gasteiger partial charge in [0, 0.05) is 13.0 Å². The molecule has 1 aliphatic heterocycles. The molecule has 2 aromatic carbocycles. The number of hydrogen-bond donors (Lipinski definition) is 1. The number of halogens is 1. The minimum Gasteiger partial charge on any atom is -0.358 e. The minimum absolute atomic E-state index is 0.0504. The lowest BCUT2D eigenvalue weighted by atomic mass is 9.98. The van der Waals surface area contributed by atoms with E-state index >= 15 is 0 Å². The van der Waals surface area contributed by atoms with Crippen molar-refractivity contribution in [3.05, 3.63) is 84.2 Å². The third-order valence-electron chi connectivity index (χ3n) is 3.88. The molecule has 0 aromatic heterocycles. The summed E-state index contributed by atoms with van der Waals surface area (Å²) < 4.78 is 13.2. The van der Waals surface area contributed by atoms with E-state index in [4.69, 9.17) is 17.3 Å². The zero-order valence-electron chi connectivity index (χ0n) is 13.2. The second-order valence-electron chi connectivity index (χ2n) is 5.50. The van der Waals surface area contributed by atoms with Gasteiger partial charge >= 0.3 is 0 Å². The molecule has 1 N–H and O–H groups in total. The molecule has 3 nitrogen and oxygen atoms in total. The largest absolute Gasteiger partial charge is 0.358 e. The first-order valence-electron chi connectivity index (χ1n) is 7.75. The van der Waals surface area contributed by atoms with Gasteiger partial charge < -0.3 is 5.32 Å². The third-order valence-corrected chi connectivity index (χ3v) is 4.21. The van der Waals surface area contributed by atoms with E-state index < -0.39 is 0 Å².